The molecule has 0 radical (unpaired) electrons. The zero-order valence-corrected chi connectivity index (χ0v) is 6.79. The third kappa shape index (κ3) is 2.84. The quantitative estimate of drug-likeness (QED) is 0.687. The number of hydrogen-bond donors (Lipinski definition) is 2. The van der Waals surface area contributed by atoms with Crippen LogP contribution in [0.4, 0.5) is 0 Å². The van der Waals surface area contributed by atoms with E-state index in [-0.39, 0.29) is 25.1 Å². The van der Waals surface area contributed by atoms with Crippen LogP contribution in [0.1, 0.15) is 11.7 Å². The normalized spacial score (nSPS) is 11.8. The van der Waals surface area contributed by atoms with E-state index in [1.807, 2.05) is 12.1 Å². The van der Waals surface area contributed by atoms with Crippen LogP contribution in [-0.4, -0.2) is 16.7 Å². The van der Waals surface area contributed by atoms with Crippen molar-refractivity contribution in [2.45, 2.75) is 6.04 Å². The number of halogens is 1. The lowest BCUT2D eigenvalue weighted by molar-refractivity contribution is 0.266. The van der Waals surface area contributed by atoms with Crippen LogP contribution in [-0.2, 0) is 0 Å². The number of nitrogens with two attached hydrogens (primary N) is 1. The summed E-state index contributed by atoms with van der Waals surface area (Å²) in [5.74, 6) is 0. The molecule has 0 bridgehead atoms. The van der Waals surface area contributed by atoms with E-state index in [0.717, 1.165) is 5.69 Å². The van der Waals surface area contributed by atoms with Gasteiger partial charge in [0.2, 0.25) is 0 Å². The van der Waals surface area contributed by atoms with Crippen molar-refractivity contribution in [2.24, 2.45) is 5.73 Å². The summed E-state index contributed by atoms with van der Waals surface area (Å²) in [6.45, 7) is -0.0585. The minimum Gasteiger partial charge on any atom is -0.394 e. The first kappa shape index (κ1) is 10.4. The molecule has 0 fully saturated rings. The molecule has 0 aromatic carbocycles. The molecule has 1 rings (SSSR count). The number of pyridine rings is 1. The zero-order chi connectivity index (χ0) is 7.40. The molecule has 0 aliphatic rings. The molecule has 1 aromatic rings. The summed E-state index contributed by atoms with van der Waals surface area (Å²) < 4.78 is 0. The highest BCUT2D eigenvalue weighted by atomic mass is 35.5. The van der Waals surface area contributed by atoms with Crippen LogP contribution in [0.5, 0.6) is 0 Å². The van der Waals surface area contributed by atoms with E-state index in [1.165, 1.54) is 0 Å². The van der Waals surface area contributed by atoms with Gasteiger partial charge in [-0.05, 0) is 12.1 Å². The van der Waals surface area contributed by atoms with Gasteiger partial charge in [0.1, 0.15) is 0 Å². The van der Waals surface area contributed by atoms with Gasteiger partial charge >= 0.3 is 0 Å². The van der Waals surface area contributed by atoms with Crippen LogP contribution in [0.3, 0.4) is 0 Å². The first-order chi connectivity index (χ1) is 4.84. The summed E-state index contributed by atoms with van der Waals surface area (Å²) in [5, 5.41) is 8.62. The Morgan fingerprint density at radius 1 is 1.55 bits per heavy atom. The molecule has 0 aliphatic heterocycles. The molecule has 0 amide bonds. The van der Waals surface area contributed by atoms with Gasteiger partial charge in [-0.25, -0.2) is 0 Å². The lowest BCUT2D eigenvalue weighted by Crippen LogP contribution is -2.15. The second-order valence-corrected chi connectivity index (χ2v) is 2.04. The molecule has 1 aromatic heterocycles. The minimum absolute atomic E-state index is 0. The van der Waals surface area contributed by atoms with Gasteiger partial charge in [0.05, 0.1) is 18.3 Å². The molecule has 0 saturated carbocycles. The number of rotatable bonds is 2. The largest absolute Gasteiger partial charge is 0.394 e. The van der Waals surface area contributed by atoms with E-state index in [9.17, 15) is 0 Å². The van der Waals surface area contributed by atoms with Gasteiger partial charge in [-0.2, -0.15) is 0 Å². The summed E-state index contributed by atoms with van der Waals surface area (Å²) in [6, 6.07) is 5.10. The summed E-state index contributed by atoms with van der Waals surface area (Å²) in [4.78, 5) is 3.96. The molecule has 0 saturated heterocycles. The van der Waals surface area contributed by atoms with E-state index in [1.54, 1.807) is 12.3 Å². The van der Waals surface area contributed by atoms with E-state index in [0.29, 0.717) is 0 Å². The molecule has 1 heterocycles. The molecule has 1 atom stereocenters. The second-order valence-electron chi connectivity index (χ2n) is 2.04. The smallest absolute Gasteiger partial charge is 0.0704 e. The topological polar surface area (TPSA) is 59.1 Å². The summed E-state index contributed by atoms with van der Waals surface area (Å²) in [7, 11) is 0. The Bertz CT molecular complexity index is 193. The van der Waals surface area contributed by atoms with Gasteiger partial charge < -0.3 is 10.8 Å². The van der Waals surface area contributed by atoms with Gasteiger partial charge in [0.15, 0.2) is 0 Å². The highest BCUT2D eigenvalue weighted by Crippen LogP contribution is 2.02. The first-order valence-electron chi connectivity index (χ1n) is 3.12. The molecular weight excluding hydrogens is 164 g/mol. The third-order valence-corrected chi connectivity index (χ3v) is 1.26. The number of aromatic nitrogens is 1. The fraction of sp³-hybridized carbons (Fsp3) is 0.286. The molecule has 4 heteroatoms. The average Bonchev–Trinajstić information content (AvgIpc) is 2.05. The fourth-order valence-electron chi connectivity index (χ4n) is 0.689. The van der Waals surface area contributed by atoms with E-state index < -0.39 is 0 Å². The Morgan fingerprint density at radius 2 is 2.27 bits per heavy atom. The van der Waals surface area contributed by atoms with Crippen LogP contribution in [0.25, 0.3) is 0 Å². The van der Waals surface area contributed by atoms with Crippen molar-refractivity contribution in [3.63, 3.8) is 0 Å². The average molecular weight is 175 g/mol. The Kier molecular flexibility index (Phi) is 4.77. The maximum Gasteiger partial charge on any atom is 0.0704 e. The fourth-order valence-corrected chi connectivity index (χ4v) is 0.689. The molecule has 3 N–H and O–H groups in total. The standard InChI is InChI=1S/C7H10N2O.ClH/c8-6(5-10)7-3-1-2-4-9-7;/h1-4,6,10H,5,8H2;1H. The third-order valence-electron chi connectivity index (χ3n) is 1.26. The van der Waals surface area contributed by atoms with Crippen LogP contribution < -0.4 is 5.73 Å². The monoisotopic (exact) mass is 174 g/mol. The predicted molar refractivity (Wildman–Crippen MR) is 45.5 cm³/mol. The van der Waals surface area contributed by atoms with Crippen LogP contribution in [0, 0.1) is 0 Å². The number of aliphatic hydroxyl groups is 1. The van der Waals surface area contributed by atoms with Crippen molar-refractivity contribution in [2.75, 3.05) is 6.61 Å². The highest BCUT2D eigenvalue weighted by Gasteiger charge is 2.02. The molecule has 11 heavy (non-hydrogen) atoms. The second kappa shape index (κ2) is 5.07. The number of hydrogen-bond acceptors (Lipinski definition) is 3. The molecule has 0 spiro atoms. The van der Waals surface area contributed by atoms with Crippen LogP contribution in [0.15, 0.2) is 24.4 Å². The van der Waals surface area contributed by atoms with Crippen molar-refractivity contribution >= 4 is 12.4 Å². The first-order valence-corrected chi connectivity index (χ1v) is 3.12. The lowest BCUT2D eigenvalue weighted by Gasteiger charge is -2.04. The predicted octanol–water partition coefficient (Wildman–Crippen LogP) is 0.496. The Morgan fingerprint density at radius 3 is 2.73 bits per heavy atom. The summed E-state index contributed by atoms with van der Waals surface area (Å²) in [6.07, 6.45) is 1.66. The molecule has 0 aliphatic carbocycles. The van der Waals surface area contributed by atoms with E-state index >= 15 is 0 Å². The Labute approximate surface area is 71.7 Å². The van der Waals surface area contributed by atoms with Gasteiger partial charge in [0, 0.05) is 6.20 Å². The maximum atomic E-state index is 8.62. The zero-order valence-electron chi connectivity index (χ0n) is 5.97. The lowest BCUT2D eigenvalue weighted by atomic mass is 10.2. The molecule has 3 nitrogen and oxygen atoms in total. The van der Waals surface area contributed by atoms with E-state index in [4.69, 9.17) is 10.8 Å². The molecule has 1 unspecified atom stereocenters. The van der Waals surface area contributed by atoms with Gasteiger partial charge in [0.25, 0.3) is 0 Å². The summed E-state index contributed by atoms with van der Waals surface area (Å²) >= 11 is 0. The Hall–Kier alpha value is -0.640. The van der Waals surface area contributed by atoms with Gasteiger partial charge in [-0.15, -0.1) is 12.4 Å². The van der Waals surface area contributed by atoms with Crippen molar-refractivity contribution in [3.05, 3.63) is 30.1 Å². The van der Waals surface area contributed by atoms with Crippen molar-refractivity contribution in [1.82, 2.24) is 4.98 Å². The highest BCUT2D eigenvalue weighted by molar-refractivity contribution is 5.85. The molecular formula is C7H11ClN2O. The summed E-state index contributed by atoms with van der Waals surface area (Å²) in [5.41, 5.74) is 6.21. The van der Waals surface area contributed by atoms with Crippen molar-refractivity contribution < 1.29 is 5.11 Å². The van der Waals surface area contributed by atoms with Crippen LogP contribution in [0.2, 0.25) is 0 Å². The molecule has 62 valence electrons. The maximum absolute atomic E-state index is 8.62. The number of aliphatic hydroxyl groups excluding tert-OH is 1. The van der Waals surface area contributed by atoms with Crippen LogP contribution >= 0.6 is 12.4 Å². The van der Waals surface area contributed by atoms with Gasteiger partial charge in [-0.3, -0.25) is 4.98 Å². The van der Waals surface area contributed by atoms with Gasteiger partial charge in [-0.1, -0.05) is 6.07 Å². The Balaban J connectivity index is 0.000001000. The SMILES string of the molecule is Cl.NC(CO)c1ccccn1. The van der Waals surface area contributed by atoms with Crippen molar-refractivity contribution in [3.8, 4) is 0 Å². The van der Waals surface area contributed by atoms with Crippen molar-refractivity contribution in [1.29, 1.82) is 0 Å². The van der Waals surface area contributed by atoms with E-state index in [2.05, 4.69) is 4.98 Å². The minimum atomic E-state index is -0.346. The number of nitrogens with zero attached hydrogens (tertiary/aromatic N) is 1.